The Hall–Kier alpha value is -0.460. The van der Waals surface area contributed by atoms with Crippen LogP contribution in [0.15, 0.2) is 46.6 Å². The quantitative estimate of drug-likeness (QED) is 0.567. The van der Waals surface area contributed by atoms with Gasteiger partial charge < -0.3 is 0 Å². The highest BCUT2D eigenvalue weighted by Crippen LogP contribution is 2.59. The van der Waals surface area contributed by atoms with Gasteiger partial charge >= 0.3 is 0 Å². The molecule has 0 bridgehead atoms. The molecular weight excluding hydrogens is 275 g/mol. The first-order valence-electron chi connectivity index (χ1n) is 6.69. The van der Waals surface area contributed by atoms with Crippen LogP contribution in [0.5, 0.6) is 0 Å². The minimum Gasteiger partial charge on any atom is -0.109 e. The number of hydrogen-bond donors (Lipinski definition) is 0. The van der Waals surface area contributed by atoms with Gasteiger partial charge in [-0.3, -0.25) is 0 Å². The minimum atomic E-state index is -0.533. The van der Waals surface area contributed by atoms with Gasteiger partial charge in [0.25, 0.3) is 0 Å². The summed E-state index contributed by atoms with van der Waals surface area (Å²) < 4.78 is 0. The third kappa shape index (κ3) is 1.87. The van der Waals surface area contributed by atoms with Gasteiger partial charge in [-0.25, -0.2) is 0 Å². The van der Waals surface area contributed by atoms with Crippen molar-refractivity contribution in [2.45, 2.75) is 51.3 Å². The Morgan fingerprint density at radius 2 is 1.11 bits per heavy atom. The lowest BCUT2D eigenvalue weighted by Crippen LogP contribution is -2.51. The lowest BCUT2D eigenvalue weighted by atomic mass is 9.65. The van der Waals surface area contributed by atoms with E-state index in [-0.39, 0.29) is 5.41 Å². The van der Waals surface area contributed by atoms with Gasteiger partial charge in [-0.1, -0.05) is 49.3 Å². The molecular formula is C17H22Cl2. The fourth-order valence-electron chi connectivity index (χ4n) is 3.44. The maximum Gasteiger partial charge on any atom is 0.0915 e. The zero-order valence-corrected chi connectivity index (χ0v) is 14.1. The van der Waals surface area contributed by atoms with Gasteiger partial charge in [-0.15, -0.1) is 23.2 Å². The predicted octanol–water partition coefficient (Wildman–Crippen LogP) is 5.78. The van der Waals surface area contributed by atoms with Crippen molar-refractivity contribution in [2.75, 3.05) is 0 Å². The summed E-state index contributed by atoms with van der Waals surface area (Å²) in [5.74, 6) is 0. The van der Waals surface area contributed by atoms with Crippen LogP contribution < -0.4 is 0 Å². The van der Waals surface area contributed by atoms with E-state index in [1.54, 1.807) is 0 Å². The van der Waals surface area contributed by atoms with Crippen molar-refractivity contribution in [3.05, 3.63) is 46.6 Å². The summed E-state index contributed by atoms with van der Waals surface area (Å²) in [6.45, 7) is 12.7. The molecule has 0 saturated carbocycles. The van der Waals surface area contributed by atoms with E-state index < -0.39 is 9.75 Å². The largest absolute Gasteiger partial charge is 0.109 e. The molecule has 0 heterocycles. The first-order chi connectivity index (χ1) is 8.54. The molecule has 0 aromatic rings. The van der Waals surface area contributed by atoms with Gasteiger partial charge in [0.2, 0.25) is 0 Å². The fraction of sp³-hybridized carbons (Fsp3) is 0.529. The number of hydrogen-bond acceptors (Lipinski definition) is 0. The third-order valence-corrected chi connectivity index (χ3v) is 6.47. The van der Waals surface area contributed by atoms with Crippen molar-refractivity contribution in [1.29, 1.82) is 0 Å². The second-order valence-electron chi connectivity index (χ2n) is 6.48. The standard InChI is InChI=1S/C17H22Cl2/c1-11-7-13(3)16(18,9-11)15(5,6)17(19)10-12(2)8-14(17)4/h7-10H,1-6H3. The Balaban J connectivity index is 2.57. The van der Waals surface area contributed by atoms with E-state index in [4.69, 9.17) is 23.2 Å². The van der Waals surface area contributed by atoms with Gasteiger partial charge in [-0.05, 0) is 38.8 Å². The predicted molar refractivity (Wildman–Crippen MR) is 86.0 cm³/mol. The Morgan fingerprint density at radius 3 is 1.32 bits per heavy atom. The molecule has 0 saturated heterocycles. The topological polar surface area (TPSA) is 0 Å². The van der Waals surface area contributed by atoms with Crippen LogP contribution in [0.4, 0.5) is 0 Å². The summed E-state index contributed by atoms with van der Waals surface area (Å²) in [5, 5.41) is 0. The van der Waals surface area contributed by atoms with E-state index in [0.717, 1.165) is 0 Å². The SMILES string of the molecule is CC1=CC(Cl)(C(C)(C)C2(Cl)C=C(C)C=C2C)C(C)=C1. The summed E-state index contributed by atoms with van der Waals surface area (Å²) in [7, 11) is 0. The Kier molecular flexibility index (Phi) is 3.35. The lowest BCUT2D eigenvalue weighted by Gasteiger charge is -2.49. The van der Waals surface area contributed by atoms with Crippen molar-refractivity contribution in [2.24, 2.45) is 5.41 Å². The molecule has 2 heteroatoms. The van der Waals surface area contributed by atoms with Crippen LogP contribution in [0.25, 0.3) is 0 Å². The zero-order valence-electron chi connectivity index (χ0n) is 12.6. The van der Waals surface area contributed by atoms with E-state index in [2.05, 4.69) is 65.8 Å². The van der Waals surface area contributed by atoms with Crippen molar-refractivity contribution >= 4 is 23.2 Å². The Morgan fingerprint density at radius 1 is 0.789 bits per heavy atom. The van der Waals surface area contributed by atoms with Crippen LogP contribution in [0.3, 0.4) is 0 Å². The van der Waals surface area contributed by atoms with Crippen molar-refractivity contribution in [3.63, 3.8) is 0 Å². The van der Waals surface area contributed by atoms with E-state index in [0.29, 0.717) is 0 Å². The molecule has 2 unspecified atom stereocenters. The van der Waals surface area contributed by atoms with E-state index in [9.17, 15) is 0 Å². The van der Waals surface area contributed by atoms with E-state index in [1.807, 2.05) is 0 Å². The molecule has 2 atom stereocenters. The molecule has 19 heavy (non-hydrogen) atoms. The minimum absolute atomic E-state index is 0.320. The first kappa shape index (κ1) is 14.9. The van der Waals surface area contributed by atoms with E-state index in [1.165, 1.54) is 22.3 Å². The highest BCUT2D eigenvalue weighted by molar-refractivity contribution is 6.32. The molecule has 0 radical (unpaired) electrons. The van der Waals surface area contributed by atoms with Crippen molar-refractivity contribution < 1.29 is 0 Å². The molecule has 0 amide bonds. The van der Waals surface area contributed by atoms with Crippen LogP contribution in [0, 0.1) is 5.41 Å². The molecule has 0 spiro atoms. The summed E-state index contributed by atoms with van der Waals surface area (Å²) >= 11 is 14.0. The lowest BCUT2D eigenvalue weighted by molar-refractivity contribution is 0.274. The zero-order chi connectivity index (χ0) is 14.6. The monoisotopic (exact) mass is 296 g/mol. The smallest absolute Gasteiger partial charge is 0.0915 e. The van der Waals surface area contributed by atoms with Crippen LogP contribution in [0.1, 0.15) is 41.5 Å². The number of alkyl halides is 2. The van der Waals surface area contributed by atoms with Crippen LogP contribution >= 0.6 is 23.2 Å². The molecule has 104 valence electrons. The van der Waals surface area contributed by atoms with Gasteiger partial charge in [0, 0.05) is 5.41 Å². The molecule has 0 fully saturated rings. The molecule has 0 aromatic carbocycles. The average molecular weight is 297 g/mol. The molecule has 0 nitrogen and oxygen atoms in total. The first-order valence-corrected chi connectivity index (χ1v) is 7.44. The maximum absolute atomic E-state index is 7.00. The van der Waals surface area contributed by atoms with Gasteiger partial charge in [0.15, 0.2) is 0 Å². The Bertz CT molecular complexity index is 498. The van der Waals surface area contributed by atoms with Gasteiger partial charge in [-0.2, -0.15) is 0 Å². The number of halogens is 2. The molecule has 2 rings (SSSR count). The van der Waals surface area contributed by atoms with Crippen molar-refractivity contribution in [1.82, 2.24) is 0 Å². The molecule has 2 aliphatic carbocycles. The second-order valence-corrected chi connectivity index (χ2v) is 7.67. The second kappa shape index (κ2) is 4.27. The third-order valence-electron chi connectivity index (χ3n) is 4.71. The highest BCUT2D eigenvalue weighted by atomic mass is 35.5. The Labute approximate surface area is 126 Å². The van der Waals surface area contributed by atoms with Crippen LogP contribution in [-0.2, 0) is 0 Å². The normalized spacial score (nSPS) is 34.9. The number of allylic oxidation sites excluding steroid dienone is 8. The van der Waals surface area contributed by atoms with Gasteiger partial charge in [0.1, 0.15) is 0 Å². The highest BCUT2D eigenvalue weighted by Gasteiger charge is 2.57. The van der Waals surface area contributed by atoms with Crippen LogP contribution in [-0.4, -0.2) is 9.75 Å². The maximum atomic E-state index is 7.00. The molecule has 0 aliphatic heterocycles. The number of rotatable bonds is 2. The average Bonchev–Trinajstić information content (AvgIpc) is 2.67. The summed E-state index contributed by atoms with van der Waals surface area (Å²) in [6, 6.07) is 0. The fourth-order valence-corrected chi connectivity index (χ4v) is 4.24. The van der Waals surface area contributed by atoms with Gasteiger partial charge in [0.05, 0.1) is 9.75 Å². The molecule has 0 N–H and O–H groups in total. The summed E-state index contributed by atoms with van der Waals surface area (Å²) in [6.07, 6.45) is 8.59. The van der Waals surface area contributed by atoms with Crippen LogP contribution in [0.2, 0.25) is 0 Å². The summed E-state index contributed by atoms with van der Waals surface area (Å²) in [5.41, 5.74) is 4.44. The van der Waals surface area contributed by atoms with E-state index >= 15 is 0 Å². The molecule has 2 aliphatic rings. The van der Waals surface area contributed by atoms with Crippen molar-refractivity contribution in [3.8, 4) is 0 Å². The summed E-state index contributed by atoms with van der Waals surface area (Å²) in [4.78, 5) is -1.07. The molecule has 0 aromatic heterocycles.